The molecule has 0 N–H and O–H groups in total. The molecule has 0 aliphatic carbocycles. The van der Waals surface area contributed by atoms with E-state index in [4.69, 9.17) is 26.8 Å². The van der Waals surface area contributed by atoms with E-state index >= 15 is 0 Å². The molecule has 3 atom stereocenters. The van der Waals surface area contributed by atoms with E-state index in [0.717, 1.165) is 11.3 Å². The van der Waals surface area contributed by atoms with E-state index in [0.29, 0.717) is 23.6 Å². The van der Waals surface area contributed by atoms with Crippen LogP contribution in [0.1, 0.15) is 12.5 Å². The largest absolute Gasteiger partial charge is 0.343 e. The van der Waals surface area contributed by atoms with Gasteiger partial charge in [0.15, 0.2) is 11.6 Å². The molecule has 136 valence electrons. The van der Waals surface area contributed by atoms with Crippen molar-refractivity contribution in [2.75, 3.05) is 6.61 Å². The van der Waals surface area contributed by atoms with Crippen molar-refractivity contribution in [3.05, 3.63) is 59.6 Å². The van der Waals surface area contributed by atoms with Crippen LogP contribution in [0.4, 0.5) is 0 Å². The van der Waals surface area contributed by atoms with Crippen LogP contribution in [0, 0.1) is 4.77 Å². The van der Waals surface area contributed by atoms with Crippen LogP contribution in [-0.4, -0.2) is 44.1 Å². The topological polar surface area (TPSA) is 71.2 Å². The standard InChI is InChI=1S/C19H16N4O3S/c24-15-10-14(16-11-25-18(15)26-16)23-19(27)22(13-4-2-1-3-5-13)17(21-23)12-6-8-20-9-7-12/h1-9,14,16,18H,10-11H2/t14-,16+,18+/m1/s1. The number of pyridine rings is 1. The number of carbonyl (C=O) groups is 1. The molecule has 2 bridgehead atoms. The van der Waals surface area contributed by atoms with Gasteiger partial charge in [-0.25, -0.2) is 4.68 Å². The van der Waals surface area contributed by atoms with E-state index < -0.39 is 6.29 Å². The zero-order chi connectivity index (χ0) is 18.4. The summed E-state index contributed by atoms with van der Waals surface area (Å²) < 4.78 is 15.3. The number of fused-ring (bicyclic) bond motifs is 2. The summed E-state index contributed by atoms with van der Waals surface area (Å²) in [6.07, 6.45) is 2.76. The fraction of sp³-hybridized carbons (Fsp3) is 0.263. The van der Waals surface area contributed by atoms with Crippen LogP contribution < -0.4 is 0 Å². The van der Waals surface area contributed by atoms with Gasteiger partial charge in [-0.2, -0.15) is 5.10 Å². The lowest BCUT2D eigenvalue weighted by Crippen LogP contribution is -2.37. The Bertz CT molecular complexity index is 1050. The van der Waals surface area contributed by atoms with Crippen LogP contribution in [0.15, 0.2) is 54.9 Å². The summed E-state index contributed by atoms with van der Waals surface area (Å²) in [5.74, 6) is 0.623. The lowest BCUT2D eigenvalue weighted by molar-refractivity contribution is -0.156. The Labute approximate surface area is 160 Å². The zero-order valence-corrected chi connectivity index (χ0v) is 15.1. The molecule has 8 heteroatoms. The van der Waals surface area contributed by atoms with E-state index in [1.54, 1.807) is 17.1 Å². The number of rotatable bonds is 3. The molecule has 2 saturated heterocycles. The molecule has 27 heavy (non-hydrogen) atoms. The number of hydrogen-bond acceptors (Lipinski definition) is 6. The first-order chi connectivity index (χ1) is 13.2. The molecule has 2 aliphatic rings. The third kappa shape index (κ3) is 2.73. The molecular weight excluding hydrogens is 364 g/mol. The maximum atomic E-state index is 12.2. The Morgan fingerprint density at radius 1 is 1.11 bits per heavy atom. The molecule has 1 aromatic carbocycles. The quantitative estimate of drug-likeness (QED) is 0.651. The maximum Gasteiger partial charge on any atom is 0.218 e. The highest BCUT2D eigenvalue weighted by molar-refractivity contribution is 7.71. The van der Waals surface area contributed by atoms with Crippen molar-refractivity contribution in [2.24, 2.45) is 0 Å². The van der Waals surface area contributed by atoms with E-state index in [2.05, 4.69) is 4.98 Å². The number of aromatic nitrogens is 4. The van der Waals surface area contributed by atoms with Gasteiger partial charge in [0.1, 0.15) is 6.10 Å². The first kappa shape index (κ1) is 16.5. The number of para-hydroxylation sites is 1. The van der Waals surface area contributed by atoms with Gasteiger partial charge >= 0.3 is 0 Å². The van der Waals surface area contributed by atoms with Gasteiger partial charge in [-0.15, -0.1) is 0 Å². The normalized spacial score (nSPS) is 24.3. The van der Waals surface area contributed by atoms with Crippen LogP contribution in [0.2, 0.25) is 0 Å². The maximum absolute atomic E-state index is 12.2. The minimum Gasteiger partial charge on any atom is -0.343 e. The number of benzene rings is 1. The van der Waals surface area contributed by atoms with Crippen LogP contribution in [0.5, 0.6) is 0 Å². The van der Waals surface area contributed by atoms with Gasteiger partial charge in [-0.3, -0.25) is 14.3 Å². The van der Waals surface area contributed by atoms with Crippen molar-refractivity contribution in [2.45, 2.75) is 24.9 Å². The van der Waals surface area contributed by atoms with E-state index in [9.17, 15) is 4.79 Å². The molecular formula is C19H16N4O3S. The predicted molar refractivity (Wildman–Crippen MR) is 98.9 cm³/mol. The molecule has 0 radical (unpaired) electrons. The fourth-order valence-electron chi connectivity index (χ4n) is 3.56. The summed E-state index contributed by atoms with van der Waals surface area (Å²) in [6.45, 7) is 0.367. The van der Waals surface area contributed by atoms with Crippen LogP contribution >= 0.6 is 12.2 Å². The van der Waals surface area contributed by atoms with Crippen molar-refractivity contribution in [3.8, 4) is 17.1 Å². The van der Waals surface area contributed by atoms with Crippen molar-refractivity contribution in [3.63, 3.8) is 0 Å². The Morgan fingerprint density at radius 2 is 1.89 bits per heavy atom. The molecule has 7 nitrogen and oxygen atoms in total. The average molecular weight is 380 g/mol. The molecule has 0 unspecified atom stereocenters. The van der Waals surface area contributed by atoms with E-state index in [1.165, 1.54) is 0 Å². The van der Waals surface area contributed by atoms with Crippen molar-refractivity contribution in [1.29, 1.82) is 0 Å². The van der Waals surface area contributed by atoms with E-state index in [1.807, 2.05) is 47.0 Å². The van der Waals surface area contributed by atoms with Gasteiger partial charge in [0, 0.05) is 30.1 Å². The van der Waals surface area contributed by atoms with Gasteiger partial charge in [-0.1, -0.05) is 18.2 Å². The molecule has 0 amide bonds. The molecule has 2 aliphatic heterocycles. The van der Waals surface area contributed by atoms with Gasteiger partial charge < -0.3 is 9.47 Å². The predicted octanol–water partition coefficient (Wildman–Crippen LogP) is 2.72. The third-order valence-electron chi connectivity index (χ3n) is 4.88. The number of hydrogen-bond donors (Lipinski definition) is 0. The molecule has 3 aromatic rings. The SMILES string of the molecule is O=C1C[C@@H](n2nc(-c3ccncc3)n(-c3ccccc3)c2=S)[C@@H]2CO[C@H]1O2. The molecule has 2 fully saturated rings. The summed E-state index contributed by atoms with van der Waals surface area (Å²) in [4.78, 5) is 16.3. The third-order valence-corrected chi connectivity index (χ3v) is 5.25. The Morgan fingerprint density at radius 3 is 2.67 bits per heavy atom. The second-order valence-electron chi connectivity index (χ2n) is 6.54. The lowest BCUT2D eigenvalue weighted by Gasteiger charge is -2.26. The summed E-state index contributed by atoms with van der Waals surface area (Å²) >= 11 is 5.77. The van der Waals surface area contributed by atoms with E-state index in [-0.39, 0.29) is 17.9 Å². The van der Waals surface area contributed by atoms with Gasteiger partial charge in [0.05, 0.1) is 12.6 Å². The molecule has 0 saturated carbocycles. The van der Waals surface area contributed by atoms with Gasteiger partial charge in [0.2, 0.25) is 11.1 Å². The molecule has 4 heterocycles. The summed E-state index contributed by atoms with van der Waals surface area (Å²) in [5.41, 5.74) is 1.80. The minimum absolute atomic E-state index is 0.0737. The van der Waals surface area contributed by atoms with Gasteiger partial charge in [0.25, 0.3) is 0 Å². The number of nitrogens with zero attached hydrogens (tertiary/aromatic N) is 4. The Hall–Kier alpha value is -2.68. The average Bonchev–Trinajstić information content (AvgIpc) is 3.29. The lowest BCUT2D eigenvalue weighted by atomic mass is 10.0. The highest BCUT2D eigenvalue weighted by Gasteiger charge is 2.45. The first-order valence-electron chi connectivity index (χ1n) is 8.69. The molecule has 0 spiro atoms. The first-order valence-corrected chi connectivity index (χ1v) is 9.10. The van der Waals surface area contributed by atoms with Crippen LogP contribution in [0.25, 0.3) is 17.1 Å². The number of ketones is 1. The smallest absolute Gasteiger partial charge is 0.218 e. The summed E-state index contributed by atoms with van der Waals surface area (Å²) in [5, 5.41) is 4.79. The van der Waals surface area contributed by atoms with Crippen molar-refractivity contribution in [1.82, 2.24) is 19.3 Å². The van der Waals surface area contributed by atoms with Crippen LogP contribution in [-0.2, 0) is 14.3 Å². The highest BCUT2D eigenvalue weighted by Crippen LogP contribution is 2.34. The second kappa shape index (κ2) is 6.49. The van der Waals surface area contributed by atoms with Gasteiger partial charge in [-0.05, 0) is 36.5 Å². The number of ether oxygens (including phenoxy) is 2. The number of Topliss-reactive ketones (excluding diaryl/α,β-unsaturated/α-hetero) is 1. The minimum atomic E-state index is -0.740. The number of carbonyl (C=O) groups excluding carboxylic acids is 1. The molecule has 5 rings (SSSR count). The molecule has 2 aromatic heterocycles. The zero-order valence-electron chi connectivity index (χ0n) is 14.3. The highest BCUT2D eigenvalue weighted by atomic mass is 32.1. The van der Waals surface area contributed by atoms with Crippen molar-refractivity contribution >= 4 is 18.0 Å². The summed E-state index contributed by atoms with van der Waals surface area (Å²) in [7, 11) is 0. The Balaban J connectivity index is 1.69. The monoisotopic (exact) mass is 380 g/mol. The van der Waals surface area contributed by atoms with Crippen LogP contribution in [0.3, 0.4) is 0 Å². The second-order valence-corrected chi connectivity index (χ2v) is 6.90. The van der Waals surface area contributed by atoms with Crippen molar-refractivity contribution < 1.29 is 14.3 Å². The fourth-order valence-corrected chi connectivity index (χ4v) is 3.93. The summed E-state index contributed by atoms with van der Waals surface area (Å²) in [6, 6.07) is 13.3. The Kier molecular flexibility index (Phi) is 3.96.